The zero-order chi connectivity index (χ0) is 13.5. The Morgan fingerprint density at radius 2 is 1.95 bits per heavy atom. The van der Waals surface area contributed by atoms with Crippen LogP contribution in [0.15, 0.2) is 36.7 Å². The summed E-state index contributed by atoms with van der Waals surface area (Å²) in [4.78, 5) is 4.33. The Morgan fingerprint density at radius 3 is 2.79 bits per heavy atom. The van der Waals surface area contributed by atoms with Crippen LogP contribution in [-0.2, 0) is 5.60 Å². The number of hydrogen-bond donors (Lipinski definition) is 1. The standard InChI is InChI=1S/C17H21NO/c1-12-7-8-13(2)17(19,9-12)16-11-18-10-14-5-3-4-6-15(14)16/h3-6,10-13,19H,7-9H2,1-2H3. The molecule has 0 radical (unpaired) electrons. The third-order valence-electron chi connectivity index (χ3n) is 4.70. The van der Waals surface area contributed by atoms with Gasteiger partial charge in [-0.3, -0.25) is 4.98 Å². The number of aliphatic hydroxyl groups is 1. The van der Waals surface area contributed by atoms with Crippen LogP contribution in [0.3, 0.4) is 0 Å². The maximum atomic E-state index is 11.2. The van der Waals surface area contributed by atoms with Gasteiger partial charge in [0.15, 0.2) is 0 Å². The van der Waals surface area contributed by atoms with Gasteiger partial charge in [0.05, 0.1) is 5.60 Å². The first-order valence-electron chi connectivity index (χ1n) is 7.17. The van der Waals surface area contributed by atoms with Crippen molar-refractivity contribution in [2.24, 2.45) is 11.8 Å². The molecular weight excluding hydrogens is 234 g/mol. The summed E-state index contributed by atoms with van der Waals surface area (Å²) in [6.07, 6.45) is 6.86. The maximum Gasteiger partial charge on any atom is 0.0945 e. The predicted molar refractivity (Wildman–Crippen MR) is 77.8 cm³/mol. The molecule has 1 saturated carbocycles. The zero-order valence-corrected chi connectivity index (χ0v) is 11.6. The molecule has 1 aromatic heterocycles. The molecule has 1 fully saturated rings. The summed E-state index contributed by atoms with van der Waals surface area (Å²) in [5.74, 6) is 0.858. The predicted octanol–water partition coefficient (Wildman–Crippen LogP) is 3.88. The molecule has 1 aliphatic carbocycles. The van der Waals surface area contributed by atoms with Gasteiger partial charge in [0, 0.05) is 23.3 Å². The number of aromatic nitrogens is 1. The van der Waals surface area contributed by atoms with Gasteiger partial charge >= 0.3 is 0 Å². The van der Waals surface area contributed by atoms with E-state index in [2.05, 4.69) is 31.0 Å². The van der Waals surface area contributed by atoms with E-state index >= 15 is 0 Å². The molecule has 0 amide bonds. The summed E-state index contributed by atoms with van der Waals surface area (Å²) in [7, 11) is 0. The first kappa shape index (κ1) is 12.6. The lowest BCUT2D eigenvalue weighted by molar-refractivity contribution is -0.0617. The lowest BCUT2D eigenvalue weighted by atomic mass is 9.68. The maximum absolute atomic E-state index is 11.2. The number of nitrogens with zero attached hydrogens (tertiary/aromatic N) is 1. The topological polar surface area (TPSA) is 33.1 Å². The van der Waals surface area contributed by atoms with Gasteiger partial charge in [-0.25, -0.2) is 0 Å². The number of rotatable bonds is 1. The summed E-state index contributed by atoms with van der Waals surface area (Å²) in [5.41, 5.74) is 0.274. The summed E-state index contributed by atoms with van der Waals surface area (Å²) in [6, 6.07) is 8.21. The van der Waals surface area contributed by atoms with E-state index in [1.807, 2.05) is 24.5 Å². The minimum atomic E-state index is -0.731. The molecule has 1 aliphatic rings. The first-order chi connectivity index (χ1) is 9.11. The fraction of sp³-hybridized carbons (Fsp3) is 0.471. The van der Waals surface area contributed by atoms with Gasteiger partial charge in [-0.1, -0.05) is 44.5 Å². The fourth-order valence-electron chi connectivity index (χ4n) is 3.44. The zero-order valence-electron chi connectivity index (χ0n) is 11.6. The second kappa shape index (κ2) is 4.61. The molecule has 3 atom stereocenters. The van der Waals surface area contributed by atoms with Crippen molar-refractivity contribution in [1.29, 1.82) is 0 Å². The van der Waals surface area contributed by atoms with Crippen molar-refractivity contribution in [3.63, 3.8) is 0 Å². The van der Waals surface area contributed by atoms with Gasteiger partial charge in [-0.2, -0.15) is 0 Å². The Hall–Kier alpha value is -1.41. The van der Waals surface area contributed by atoms with Gasteiger partial charge in [-0.05, 0) is 30.1 Å². The normalized spacial score (nSPS) is 31.5. The lowest BCUT2D eigenvalue weighted by Crippen LogP contribution is -2.39. The monoisotopic (exact) mass is 255 g/mol. The molecule has 1 aromatic carbocycles. The van der Waals surface area contributed by atoms with Crippen molar-refractivity contribution in [3.8, 4) is 0 Å². The number of hydrogen-bond acceptors (Lipinski definition) is 2. The molecule has 1 N–H and O–H groups in total. The molecule has 3 unspecified atom stereocenters. The number of fused-ring (bicyclic) bond motifs is 1. The summed E-state index contributed by atoms with van der Waals surface area (Å²) < 4.78 is 0. The van der Waals surface area contributed by atoms with Crippen LogP contribution in [-0.4, -0.2) is 10.1 Å². The average Bonchev–Trinajstić information content (AvgIpc) is 2.42. The van der Waals surface area contributed by atoms with E-state index in [9.17, 15) is 5.11 Å². The molecule has 2 aromatic rings. The Morgan fingerprint density at radius 1 is 1.16 bits per heavy atom. The molecule has 3 rings (SSSR count). The van der Waals surface area contributed by atoms with Crippen molar-refractivity contribution in [1.82, 2.24) is 4.98 Å². The van der Waals surface area contributed by atoms with Gasteiger partial charge in [0.25, 0.3) is 0 Å². The van der Waals surface area contributed by atoms with Crippen molar-refractivity contribution in [2.45, 2.75) is 38.7 Å². The SMILES string of the molecule is CC1CCC(C)C(O)(c2cncc3ccccc23)C1. The average molecular weight is 255 g/mol. The number of pyridine rings is 1. The first-order valence-corrected chi connectivity index (χ1v) is 7.17. The van der Waals surface area contributed by atoms with E-state index < -0.39 is 5.60 Å². The summed E-state index contributed by atoms with van der Waals surface area (Å²) in [5, 5.41) is 13.5. The second-order valence-electron chi connectivity index (χ2n) is 6.12. The molecular formula is C17H21NO. The highest BCUT2D eigenvalue weighted by atomic mass is 16.3. The number of benzene rings is 1. The Kier molecular flexibility index (Phi) is 3.06. The van der Waals surface area contributed by atoms with Gasteiger partial charge in [-0.15, -0.1) is 0 Å². The van der Waals surface area contributed by atoms with E-state index in [0.717, 1.165) is 29.2 Å². The molecule has 0 saturated heterocycles. The molecule has 0 bridgehead atoms. The highest BCUT2D eigenvalue weighted by molar-refractivity contribution is 5.85. The van der Waals surface area contributed by atoms with Crippen LogP contribution in [0.5, 0.6) is 0 Å². The van der Waals surface area contributed by atoms with Crippen molar-refractivity contribution < 1.29 is 5.11 Å². The van der Waals surface area contributed by atoms with Crippen LogP contribution in [0.1, 0.15) is 38.7 Å². The van der Waals surface area contributed by atoms with Crippen molar-refractivity contribution in [2.75, 3.05) is 0 Å². The van der Waals surface area contributed by atoms with Crippen LogP contribution >= 0.6 is 0 Å². The van der Waals surface area contributed by atoms with E-state index in [-0.39, 0.29) is 5.92 Å². The van der Waals surface area contributed by atoms with Crippen LogP contribution in [0.4, 0.5) is 0 Å². The molecule has 100 valence electrons. The quantitative estimate of drug-likeness (QED) is 0.839. The van der Waals surface area contributed by atoms with Crippen LogP contribution in [0.2, 0.25) is 0 Å². The highest BCUT2D eigenvalue weighted by Crippen LogP contribution is 2.45. The molecule has 2 heteroatoms. The van der Waals surface area contributed by atoms with E-state index in [4.69, 9.17) is 0 Å². The van der Waals surface area contributed by atoms with Gasteiger partial charge < -0.3 is 5.11 Å². The smallest absolute Gasteiger partial charge is 0.0945 e. The minimum absolute atomic E-state index is 0.288. The molecule has 2 nitrogen and oxygen atoms in total. The molecule has 1 heterocycles. The summed E-state index contributed by atoms with van der Waals surface area (Å²) >= 11 is 0. The lowest BCUT2D eigenvalue weighted by Gasteiger charge is -2.41. The van der Waals surface area contributed by atoms with Crippen molar-refractivity contribution in [3.05, 3.63) is 42.2 Å². The molecule has 0 spiro atoms. The summed E-state index contributed by atoms with van der Waals surface area (Å²) in [6.45, 7) is 4.39. The fourth-order valence-corrected chi connectivity index (χ4v) is 3.44. The van der Waals surface area contributed by atoms with Crippen LogP contribution < -0.4 is 0 Å². The third-order valence-corrected chi connectivity index (χ3v) is 4.70. The Labute approximate surface area is 114 Å². The highest BCUT2D eigenvalue weighted by Gasteiger charge is 2.41. The van der Waals surface area contributed by atoms with Crippen LogP contribution in [0, 0.1) is 11.8 Å². The Balaban J connectivity index is 2.17. The van der Waals surface area contributed by atoms with E-state index in [1.54, 1.807) is 0 Å². The third kappa shape index (κ3) is 2.04. The Bertz CT molecular complexity index is 589. The van der Waals surface area contributed by atoms with E-state index in [1.165, 1.54) is 6.42 Å². The minimum Gasteiger partial charge on any atom is -0.385 e. The van der Waals surface area contributed by atoms with E-state index in [0.29, 0.717) is 5.92 Å². The van der Waals surface area contributed by atoms with Crippen LogP contribution in [0.25, 0.3) is 10.8 Å². The molecule has 0 aliphatic heterocycles. The largest absolute Gasteiger partial charge is 0.385 e. The van der Waals surface area contributed by atoms with Gasteiger partial charge in [0.1, 0.15) is 0 Å². The van der Waals surface area contributed by atoms with Crippen molar-refractivity contribution >= 4 is 10.8 Å². The van der Waals surface area contributed by atoms with Gasteiger partial charge in [0.2, 0.25) is 0 Å². The molecule has 19 heavy (non-hydrogen) atoms. The second-order valence-corrected chi connectivity index (χ2v) is 6.12.